The van der Waals surface area contributed by atoms with Crippen LogP contribution in [0.5, 0.6) is 0 Å². The van der Waals surface area contributed by atoms with Crippen molar-refractivity contribution < 1.29 is 9.59 Å². The molecule has 126 valence electrons. The normalized spacial score (nSPS) is 15.3. The second kappa shape index (κ2) is 8.53. The number of rotatable bonds is 5. The Morgan fingerprint density at radius 3 is 2.35 bits per heavy atom. The molecule has 1 aromatic rings. The zero-order valence-corrected chi connectivity index (χ0v) is 14.0. The van der Waals surface area contributed by atoms with E-state index in [9.17, 15) is 9.59 Å². The van der Waals surface area contributed by atoms with Crippen molar-refractivity contribution in [2.45, 2.75) is 20.3 Å². The molecule has 0 spiro atoms. The standard InChI is InChI=1S/C17H26N4O2/c1-3-8-18-16(22)13-20-9-11-21(12-10-20)17(23)19-15-6-4-14(2)5-7-15/h4-7H,3,8-13H2,1-2H3,(H,18,22)(H,19,23). The molecule has 0 unspecified atom stereocenters. The largest absolute Gasteiger partial charge is 0.355 e. The summed E-state index contributed by atoms with van der Waals surface area (Å²) < 4.78 is 0. The number of aryl methyl sites for hydroxylation is 1. The fraction of sp³-hybridized carbons (Fsp3) is 0.529. The third kappa shape index (κ3) is 5.56. The molecular weight excluding hydrogens is 292 g/mol. The van der Waals surface area contributed by atoms with Gasteiger partial charge in [-0.1, -0.05) is 24.6 Å². The van der Waals surface area contributed by atoms with Crippen LogP contribution in [0.4, 0.5) is 10.5 Å². The molecule has 23 heavy (non-hydrogen) atoms. The van der Waals surface area contributed by atoms with Gasteiger partial charge in [-0.3, -0.25) is 9.69 Å². The summed E-state index contributed by atoms with van der Waals surface area (Å²) in [6, 6.07) is 7.68. The molecule has 1 aliphatic rings. The van der Waals surface area contributed by atoms with Crippen molar-refractivity contribution >= 4 is 17.6 Å². The number of carbonyl (C=O) groups is 2. The van der Waals surface area contributed by atoms with Gasteiger partial charge in [0.1, 0.15) is 0 Å². The maximum absolute atomic E-state index is 12.2. The van der Waals surface area contributed by atoms with Gasteiger partial charge >= 0.3 is 6.03 Å². The SMILES string of the molecule is CCCNC(=O)CN1CCN(C(=O)Nc2ccc(C)cc2)CC1. The summed E-state index contributed by atoms with van der Waals surface area (Å²) in [4.78, 5) is 27.8. The molecule has 1 heterocycles. The predicted octanol–water partition coefficient (Wildman–Crippen LogP) is 1.67. The Bertz CT molecular complexity index is 522. The maximum Gasteiger partial charge on any atom is 0.321 e. The minimum Gasteiger partial charge on any atom is -0.355 e. The number of urea groups is 1. The molecule has 0 aliphatic carbocycles. The molecule has 0 bridgehead atoms. The second-order valence-electron chi connectivity index (χ2n) is 5.91. The van der Waals surface area contributed by atoms with Gasteiger partial charge in [0.05, 0.1) is 6.54 Å². The van der Waals surface area contributed by atoms with Crippen LogP contribution in [0, 0.1) is 6.92 Å². The highest BCUT2D eigenvalue weighted by molar-refractivity contribution is 5.89. The average molecular weight is 318 g/mol. The van der Waals surface area contributed by atoms with E-state index in [1.807, 2.05) is 38.1 Å². The van der Waals surface area contributed by atoms with Crippen molar-refractivity contribution in [3.8, 4) is 0 Å². The van der Waals surface area contributed by atoms with Crippen molar-refractivity contribution in [3.63, 3.8) is 0 Å². The molecule has 1 aromatic carbocycles. The number of piperazine rings is 1. The van der Waals surface area contributed by atoms with Crippen LogP contribution in [0.15, 0.2) is 24.3 Å². The Labute approximate surface area is 137 Å². The first kappa shape index (κ1) is 17.3. The Hall–Kier alpha value is -2.08. The van der Waals surface area contributed by atoms with E-state index in [-0.39, 0.29) is 11.9 Å². The van der Waals surface area contributed by atoms with Gasteiger partial charge in [-0.05, 0) is 25.5 Å². The number of nitrogens with zero attached hydrogens (tertiary/aromatic N) is 2. The quantitative estimate of drug-likeness (QED) is 0.868. The first-order valence-electron chi connectivity index (χ1n) is 8.20. The van der Waals surface area contributed by atoms with E-state index < -0.39 is 0 Å². The number of carbonyl (C=O) groups excluding carboxylic acids is 2. The maximum atomic E-state index is 12.2. The predicted molar refractivity (Wildman–Crippen MR) is 91.5 cm³/mol. The summed E-state index contributed by atoms with van der Waals surface area (Å²) in [5.41, 5.74) is 1.97. The van der Waals surface area contributed by atoms with Crippen LogP contribution in [-0.2, 0) is 4.79 Å². The van der Waals surface area contributed by atoms with E-state index in [4.69, 9.17) is 0 Å². The van der Waals surface area contributed by atoms with Gasteiger partial charge in [0.25, 0.3) is 0 Å². The average Bonchev–Trinajstić information content (AvgIpc) is 2.55. The Morgan fingerprint density at radius 1 is 1.09 bits per heavy atom. The van der Waals surface area contributed by atoms with Crippen LogP contribution >= 0.6 is 0 Å². The van der Waals surface area contributed by atoms with Gasteiger partial charge in [0.15, 0.2) is 0 Å². The molecule has 2 rings (SSSR count). The van der Waals surface area contributed by atoms with Crippen molar-refractivity contribution in [1.82, 2.24) is 15.1 Å². The fourth-order valence-electron chi connectivity index (χ4n) is 2.47. The van der Waals surface area contributed by atoms with Gasteiger partial charge in [0, 0.05) is 38.4 Å². The minimum atomic E-state index is -0.0797. The molecule has 6 heteroatoms. The van der Waals surface area contributed by atoms with E-state index >= 15 is 0 Å². The van der Waals surface area contributed by atoms with Crippen LogP contribution < -0.4 is 10.6 Å². The van der Waals surface area contributed by atoms with Gasteiger partial charge in [-0.2, -0.15) is 0 Å². The topological polar surface area (TPSA) is 64.7 Å². The Balaban J connectivity index is 1.74. The summed E-state index contributed by atoms with van der Waals surface area (Å²) in [6.45, 7) is 7.90. The van der Waals surface area contributed by atoms with Gasteiger partial charge in [-0.25, -0.2) is 4.79 Å². The lowest BCUT2D eigenvalue weighted by atomic mass is 10.2. The highest BCUT2D eigenvalue weighted by Crippen LogP contribution is 2.10. The summed E-state index contributed by atoms with van der Waals surface area (Å²) >= 11 is 0. The molecule has 0 aromatic heterocycles. The van der Waals surface area contributed by atoms with Crippen LogP contribution in [-0.4, -0.2) is 61.0 Å². The van der Waals surface area contributed by atoms with E-state index in [1.165, 1.54) is 0 Å². The summed E-state index contributed by atoms with van der Waals surface area (Å²) in [7, 11) is 0. The third-order valence-electron chi connectivity index (χ3n) is 3.90. The van der Waals surface area contributed by atoms with Gasteiger partial charge < -0.3 is 15.5 Å². The van der Waals surface area contributed by atoms with Crippen LogP contribution in [0.3, 0.4) is 0 Å². The van der Waals surface area contributed by atoms with Crippen molar-refractivity contribution in [2.24, 2.45) is 0 Å². The summed E-state index contributed by atoms with van der Waals surface area (Å²) in [5, 5.41) is 5.79. The summed E-state index contributed by atoms with van der Waals surface area (Å²) in [5.74, 6) is 0.0596. The van der Waals surface area contributed by atoms with Crippen molar-refractivity contribution in [3.05, 3.63) is 29.8 Å². The molecule has 1 saturated heterocycles. The monoisotopic (exact) mass is 318 g/mol. The molecule has 6 nitrogen and oxygen atoms in total. The first-order valence-corrected chi connectivity index (χ1v) is 8.20. The van der Waals surface area contributed by atoms with Crippen LogP contribution in [0.1, 0.15) is 18.9 Å². The molecule has 0 radical (unpaired) electrons. The first-order chi connectivity index (χ1) is 11.1. The number of hydrogen-bond donors (Lipinski definition) is 2. The Kier molecular flexibility index (Phi) is 6.40. The van der Waals surface area contributed by atoms with Crippen molar-refractivity contribution in [2.75, 3.05) is 44.6 Å². The molecular formula is C17H26N4O2. The zero-order chi connectivity index (χ0) is 16.7. The van der Waals surface area contributed by atoms with Gasteiger partial charge in [-0.15, -0.1) is 0 Å². The number of amides is 3. The molecule has 1 aliphatic heterocycles. The molecule has 3 amide bonds. The van der Waals surface area contributed by atoms with E-state index in [2.05, 4.69) is 15.5 Å². The molecule has 0 saturated carbocycles. The third-order valence-corrected chi connectivity index (χ3v) is 3.90. The van der Waals surface area contributed by atoms with E-state index in [0.29, 0.717) is 19.6 Å². The zero-order valence-electron chi connectivity index (χ0n) is 14.0. The second-order valence-corrected chi connectivity index (χ2v) is 5.91. The number of benzene rings is 1. The fourth-order valence-corrected chi connectivity index (χ4v) is 2.47. The molecule has 2 N–H and O–H groups in total. The number of hydrogen-bond acceptors (Lipinski definition) is 3. The highest BCUT2D eigenvalue weighted by Gasteiger charge is 2.22. The lowest BCUT2D eigenvalue weighted by molar-refractivity contribution is -0.122. The lowest BCUT2D eigenvalue weighted by Gasteiger charge is -2.34. The molecule has 0 atom stereocenters. The van der Waals surface area contributed by atoms with E-state index in [1.54, 1.807) is 4.90 Å². The number of anilines is 1. The van der Waals surface area contributed by atoms with Crippen LogP contribution in [0.2, 0.25) is 0 Å². The van der Waals surface area contributed by atoms with Crippen LogP contribution in [0.25, 0.3) is 0 Å². The van der Waals surface area contributed by atoms with Gasteiger partial charge in [0.2, 0.25) is 5.91 Å². The number of nitrogens with one attached hydrogen (secondary N) is 2. The van der Waals surface area contributed by atoms with E-state index in [0.717, 1.165) is 37.3 Å². The molecule has 1 fully saturated rings. The van der Waals surface area contributed by atoms with Crippen molar-refractivity contribution in [1.29, 1.82) is 0 Å². The smallest absolute Gasteiger partial charge is 0.321 e. The Morgan fingerprint density at radius 2 is 1.74 bits per heavy atom. The summed E-state index contributed by atoms with van der Waals surface area (Å²) in [6.07, 6.45) is 0.943. The minimum absolute atomic E-state index is 0.0596. The lowest BCUT2D eigenvalue weighted by Crippen LogP contribution is -2.52. The highest BCUT2D eigenvalue weighted by atomic mass is 16.2.